The molecule has 0 saturated carbocycles. The van der Waals surface area contributed by atoms with Gasteiger partial charge in [0.1, 0.15) is 5.01 Å². The second-order valence-corrected chi connectivity index (χ2v) is 7.56. The molecule has 0 aliphatic rings. The molecule has 4 rings (SSSR count). The molecule has 29 heavy (non-hydrogen) atoms. The molecule has 8 heteroatoms. The Morgan fingerprint density at radius 2 is 1.90 bits per heavy atom. The molecule has 0 unspecified atom stereocenters. The minimum atomic E-state index is -0.352. The minimum absolute atomic E-state index is 0.140. The molecule has 2 heterocycles. The van der Waals surface area contributed by atoms with Crippen LogP contribution in [-0.4, -0.2) is 20.6 Å². The lowest BCUT2D eigenvalue weighted by Gasteiger charge is -2.11. The first-order valence-corrected chi connectivity index (χ1v) is 9.89. The van der Waals surface area contributed by atoms with Crippen LogP contribution in [0.5, 0.6) is 0 Å². The SMILES string of the molecule is Cc1cccc(NC(=O)NCc2cc(=O)n3nc(-c4ccccc4)sc3n2)c1C. The minimum Gasteiger partial charge on any atom is -0.332 e. The zero-order valence-electron chi connectivity index (χ0n) is 16.0. The maximum Gasteiger partial charge on any atom is 0.319 e. The number of anilines is 1. The summed E-state index contributed by atoms with van der Waals surface area (Å²) in [7, 11) is 0. The molecule has 7 nitrogen and oxygen atoms in total. The van der Waals surface area contributed by atoms with Crippen LogP contribution >= 0.6 is 11.3 Å². The summed E-state index contributed by atoms with van der Waals surface area (Å²) in [5.41, 5.74) is 3.99. The van der Waals surface area contributed by atoms with Gasteiger partial charge in [-0.3, -0.25) is 4.79 Å². The number of hydrogen-bond donors (Lipinski definition) is 2. The maximum absolute atomic E-state index is 12.4. The van der Waals surface area contributed by atoms with E-state index in [2.05, 4.69) is 20.7 Å². The monoisotopic (exact) mass is 405 g/mol. The molecule has 0 bridgehead atoms. The second-order valence-electron chi connectivity index (χ2n) is 6.61. The summed E-state index contributed by atoms with van der Waals surface area (Å²) in [5.74, 6) is 0. The number of hydrogen-bond acceptors (Lipinski definition) is 5. The highest BCUT2D eigenvalue weighted by Crippen LogP contribution is 2.23. The number of nitrogens with one attached hydrogen (secondary N) is 2. The van der Waals surface area contributed by atoms with Crippen molar-refractivity contribution in [3.63, 3.8) is 0 Å². The maximum atomic E-state index is 12.4. The lowest BCUT2D eigenvalue weighted by molar-refractivity contribution is 0.251. The van der Waals surface area contributed by atoms with Gasteiger partial charge in [-0.05, 0) is 31.0 Å². The van der Waals surface area contributed by atoms with Crippen LogP contribution in [0, 0.1) is 13.8 Å². The summed E-state index contributed by atoms with van der Waals surface area (Å²) in [6.07, 6.45) is 0. The van der Waals surface area contributed by atoms with E-state index in [-0.39, 0.29) is 18.1 Å². The van der Waals surface area contributed by atoms with Crippen LogP contribution in [0.2, 0.25) is 0 Å². The molecule has 0 radical (unpaired) electrons. The summed E-state index contributed by atoms with van der Waals surface area (Å²) in [6, 6.07) is 16.4. The lowest BCUT2D eigenvalue weighted by Crippen LogP contribution is -2.29. The van der Waals surface area contributed by atoms with Crippen LogP contribution in [0.4, 0.5) is 10.5 Å². The largest absolute Gasteiger partial charge is 0.332 e. The molecular weight excluding hydrogens is 386 g/mol. The van der Waals surface area contributed by atoms with Gasteiger partial charge >= 0.3 is 6.03 Å². The first-order chi connectivity index (χ1) is 14.0. The number of nitrogens with zero attached hydrogens (tertiary/aromatic N) is 3. The van der Waals surface area contributed by atoms with Crippen LogP contribution in [0.25, 0.3) is 15.5 Å². The van der Waals surface area contributed by atoms with Gasteiger partial charge in [-0.2, -0.15) is 9.61 Å². The van der Waals surface area contributed by atoms with Crippen molar-refractivity contribution in [2.45, 2.75) is 20.4 Å². The average Bonchev–Trinajstić information content (AvgIpc) is 3.15. The highest BCUT2D eigenvalue weighted by molar-refractivity contribution is 7.19. The fraction of sp³-hybridized carbons (Fsp3) is 0.143. The van der Waals surface area contributed by atoms with Gasteiger partial charge in [0.15, 0.2) is 0 Å². The third-order valence-corrected chi connectivity index (χ3v) is 5.56. The van der Waals surface area contributed by atoms with E-state index in [9.17, 15) is 9.59 Å². The van der Waals surface area contributed by atoms with Gasteiger partial charge in [-0.1, -0.05) is 53.8 Å². The molecule has 2 N–H and O–H groups in total. The molecule has 0 saturated heterocycles. The Morgan fingerprint density at radius 1 is 1.10 bits per heavy atom. The molecule has 2 amide bonds. The molecule has 0 aliphatic heterocycles. The highest BCUT2D eigenvalue weighted by atomic mass is 32.1. The van der Waals surface area contributed by atoms with Gasteiger partial charge in [0, 0.05) is 17.3 Å². The normalized spacial score (nSPS) is 10.8. The number of aromatic nitrogens is 3. The second kappa shape index (κ2) is 7.84. The Kier molecular flexibility index (Phi) is 5.09. The Bertz CT molecular complexity index is 1250. The number of carbonyl (C=O) groups excluding carboxylic acids is 1. The van der Waals surface area contributed by atoms with Crippen LogP contribution in [0.15, 0.2) is 59.4 Å². The van der Waals surface area contributed by atoms with E-state index in [1.165, 1.54) is 21.9 Å². The number of aryl methyl sites for hydroxylation is 1. The predicted molar refractivity (Wildman–Crippen MR) is 114 cm³/mol. The zero-order valence-corrected chi connectivity index (χ0v) is 16.8. The molecule has 0 aliphatic carbocycles. The summed E-state index contributed by atoms with van der Waals surface area (Å²) in [5, 5.41) is 10.6. The number of fused-ring (bicyclic) bond motifs is 1. The number of rotatable bonds is 4. The van der Waals surface area contributed by atoms with E-state index in [1.54, 1.807) is 0 Å². The number of amides is 2. The van der Waals surface area contributed by atoms with Crippen LogP contribution < -0.4 is 16.2 Å². The first-order valence-electron chi connectivity index (χ1n) is 9.07. The number of urea groups is 1. The third-order valence-electron chi connectivity index (χ3n) is 4.60. The zero-order chi connectivity index (χ0) is 20.4. The van der Waals surface area contributed by atoms with Crippen molar-refractivity contribution in [1.29, 1.82) is 0 Å². The number of carbonyl (C=O) groups is 1. The van der Waals surface area contributed by atoms with Crippen molar-refractivity contribution in [3.05, 3.63) is 81.8 Å². The van der Waals surface area contributed by atoms with Crippen molar-refractivity contribution in [1.82, 2.24) is 19.9 Å². The topological polar surface area (TPSA) is 88.4 Å². The Hall–Kier alpha value is -3.52. The summed E-state index contributed by atoms with van der Waals surface area (Å²) in [4.78, 5) is 29.6. The Balaban J connectivity index is 1.50. The molecule has 2 aromatic carbocycles. The molecule has 0 fully saturated rings. The lowest BCUT2D eigenvalue weighted by atomic mass is 10.1. The van der Waals surface area contributed by atoms with Crippen molar-refractivity contribution in [3.8, 4) is 10.6 Å². The molecule has 2 aromatic heterocycles. The van der Waals surface area contributed by atoms with Crippen molar-refractivity contribution in [2.24, 2.45) is 0 Å². The molecular formula is C21H19N5O2S. The standard InChI is InChI=1S/C21H19N5O2S/c1-13-7-6-10-17(14(13)2)24-20(28)22-12-16-11-18(27)26-21(23-16)29-19(25-26)15-8-4-3-5-9-15/h3-11H,12H2,1-2H3,(H2,22,24,28). The molecule has 0 atom stereocenters. The van der Waals surface area contributed by atoms with Gasteiger partial charge in [0.2, 0.25) is 4.96 Å². The van der Waals surface area contributed by atoms with E-state index in [0.717, 1.165) is 22.4 Å². The van der Waals surface area contributed by atoms with Crippen molar-refractivity contribution in [2.75, 3.05) is 5.32 Å². The highest BCUT2D eigenvalue weighted by Gasteiger charge is 2.11. The first kappa shape index (κ1) is 18.8. The smallest absolute Gasteiger partial charge is 0.319 e. The fourth-order valence-electron chi connectivity index (χ4n) is 2.87. The Morgan fingerprint density at radius 3 is 2.69 bits per heavy atom. The van der Waals surface area contributed by atoms with Crippen molar-refractivity contribution < 1.29 is 4.79 Å². The Labute approximate surface area is 171 Å². The van der Waals surface area contributed by atoms with Crippen molar-refractivity contribution >= 4 is 28.0 Å². The van der Waals surface area contributed by atoms with Gasteiger partial charge in [0.05, 0.1) is 12.2 Å². The number of benzene rings is 2. The van der Waals surface area contributed by atoms with E-state index in [1.807, 2.05) is 62.4 Å². The van der Waals surface area contributed by atoms with Crippen LogP contribution in [-0.2, 0) is 6.54 Å². The average molecular weight is 405 g/mol. The van der Waals surface area contributed by atoms with Gasteiger partial charge in [-0.25, -0.2) is 9.78 Å². The van der Waals surface area contributed by atoms with Gasteiger partial charge in [-0.15, -0.1) is 0 Å². The summed E-state index contributed by atoms with van der Waals surface area (Å²) < 4.78 is 1.28. The predicted octanol–water partition coefficient (Wildman–Crippen LogP) is 3.76. The quantitative estimate of drug-likeness (QED) is 0.541. The fourth-order valence-corrected chi connectivity index (χ4v) is 3.80. The third kappa shape index (κ3) is 4.02. The molecule has 146 valence electrons. The molecule has 0 spiro atoms. The molecule has 4 aromatic rings. The summed E-state index contributed by atoms with van der Waals surface area (Å²) >= 11 is 1.33. The van der Waals surface area contributed by atoms with E-state index < -0.39 is 0 Å². The van der Waals surface area contributed by atoms with E-state index >= 15 is 0 Å². The van der Waals surface area contributed by atoms with E-state index in [0.29, 0.717) is 15.7 Å². The van der Waals surface area contributed by atoms with Crippen LogP contribution in [0.3, 0.4) is 0 Å². The van der Waals surface area contributed by atoms with Gasteiger partial charge < -0.3 is 10.6 Å². The van der Waals surface area contributed by atoms with E-state index in [4.69, 9.17) is 0 Å². The van der Waals surface area contributed by atoms with Gasteiger partial charge in [0.25, 0.3) is 5.56 Å². The van der Waals surface area contributed by atoms with Crippen LogP contribution in [0.1, 0.15) is 16.8 Å². The summed E-state index contributed by atoms with van der Waals surface area (Å²) in [6.45, 7) is 4.08.